The molecule has 0 aromatic heterocycles. The van der Waals surface area contributed by atoms with Crippen LogP contribution in [-0.4, -0.2) is 13.7 Å². The minimum Gasteiger partial charge on any atom is -0.412 e. The van der Waals surface area contributed by atoms with Gasteiger partial charge in [-0.15, -0.1) is 0 Å². The molecular formula is C10H13Cl3NO3P. The predicted molar refractivity (Wildman–Crippen MR) is 75.0 cm³/mol. The summed E-state index contributed by atoms with van der Waals surface area (Å²) in [4.78, 5) is 0. The summed E-state index contributed by atoms with van der Waals surface area (Å²) >= 11 is 17.6. The molecular weight excluding hydrogens is 319 g/mol. The summed E-state index contributed by atoms with van der Waals surface area (Å²) < 4.78 is 22.3. The summed E-state index contributed by atoms with van der Waals surface area (Å²) in [5, 5.41) is 3.44. The summed E-state index contributed by atoms with van der Waals surface area (Å²) in [5.74, 6) is 0.153. The molecule has 1 N–H and O–H groups in total. The van der Waals surface area contributed by atoms with Crippen LogP contribution < -0.4 is 9.61 Å². The fraction of sp³-hybridized carbons (Fsp3) is 0.400. The lowest BCUT2D eigenvalue weighted by Gasteiger charge is -2.18. The Morgan fingerprint density at radius 3 is 2.39 bits per heavy atom. The molecule has 1 aromatic carbocycles. The van der Waals surface area contributed by atoms with Gasteiger partial charge in [0.05, 0.1) is 15.1 Å². The number of rotatable bonds is 6. The van der Waals surface area contributed by atoms with Crippen LogP contribution in [0, 0.1) is 0 Å². The lowest BCUT2D eigenvalue weighted by atomic mass is 10.3. The lowest BCUT2D eigenvalue weighted by Crippen LogP contribution is -2.16. The number of halogens is 3. The van der Waals surface area contributed by atoms with Crippen molar-refractivity contribution in [2.24, 2.45) is 0 Å². The van der Waals surface area contributed by atoms with Gasteiger partial charge in [-0.2, -0.15) is 0 Å². The molecule has 0 aliphatic carbocycles. The van der Waals surface area contributed by atoms with Crippen molar-refractivity contribution in [3.8, 4) is 5.75 Å². The van der Waals surface area contributed by atoms with Crippen molar-refractivity contribution in [1.82, 2.24) is 5.09 Å². The van der Waals surface area contributed by atoms with Crippen LogP contribution in [0.4, 0.5) is 0 Å². The molecule has 4 nitrogen and oxygen atoms in total. The summed E-state index contributed by atoms with van der Waals surface area (Å²) in [6.07, 6.45) is 0.784. The Balaban J connectivity index is 2.95. The smallest absolute Gasteiger partial charge is 0.412 e. The summed E-state index contributed by atoms with van der Waals surface area (Å²) in [7, 11) is -2.15. The minimum atomic E-state index is -3.44. The number of hydrogen-bond donors (Lipinski definition) is 1. The average Bonchev–Trinajstić information content (AvgIpc) is 2.33. The topological polar surface area (TPSA) is 47.6 Å². The Bertz CT molecular complexity index is 470. The third kappa shape index (κ3) is 4.30. The van der Waals surface area contributed by atoms with Gasteiger partial charge in [0.25, 0.3) is 0 Å². The maximum atomic E-state index is 12.2. The van der Waals surface area contributed by atoms with E-state index in [0.29, 0.717) is 11.6 Å². The van der Waals surface area contributed by atoms with Crippen molar-refractivity contribution >= 4 is 42.5 Å². The first-order valence-corrected chi connectivity index (χ1v) is 7.84. The molecule has 0 saturated heterocycles. The fourth-order valence-corrected chi connectivity index (χ4v) is 2.89. The maximum absolute atomic E-state index is 12.2. The van der Waals surface area contributed by atoms with Crippen LogP contribution in [0.2, 0.25) is 15.1 Å². The van der Waals surface area contributed by atoms with Crippen molar-refractivity contribution < 1.29 is 13.6 Å². The summed E-state index contributed by atoms with van der Waals surface area (Å²) in [5.41, 5.74) is 0. The minimum absolute atomic E-state index is 0.153. The molecule has 1 rings (SSSR count). The Hall–Kier alpha value is 0.0400. The second kappa shape index (κ2) is 6.99. The molecule has 18 heavy (non-hydrogen) atoms. The van der Waals surface area contributed by atoms with Crippen molar-refractivity contribution in [3.63, 3.8) is 0 Å². The second-order valence-electron chi connectivity index (χ2n) is 3.38. The summed E-state index contributed by atoms with van der Waals surface area (Å²) in [6.45, 7) is 2.42. The third-order valence-corrected chi connectivity index (χ3v) is 4.54. The maximum Gasteiger partial charge on any atom is 0.458 e. The van der Waals surface area contributed by atoms with Gasteiger partial charge in [0.2, 0.25) is 0 Å². The van der Waals surface area contributed by atoms with Crippen molar-refractivity contribution in [2.45, 2.75) is 13.3 Å². The zero-order chi connectivity index (χ0) is 13.8. The Morgan fingerprint density at radius 1 is 1.22 bits per heavy atom. The van der Waals surface area contributed by atoms with E-state index in [1.165, 1.54) is 19.2 Å². The highest BCUT2D eigenvalue weighted by Gasteiger charge is 2.25. The first kappa shape index (κ1) is 16.1. The van der Waals surface area contributed by atoms with Crippen LogP contribution in [0.1, 0.15) is 13.3 Å². The highest BCUT2D eigenvalue weighted by molar-refractivity contribution is 7.52. The van der Waals surface area contributed by atoms with Gasteiger partial charge in [-0.05, 0) is 12.5 Å². The van der Waals surface area contributed by atoms with Crippen LogP contribution in [0.25, 0.3) is 0 Å². The van der Waals surface area contributed by atoms with E-state index in [2.05, 4.69) is 5.09 Å². The molecule has 8 heteroatoms. The lowest BCUT2D eigenvalue weighted by molar-refractivity contribution is 0.309. The van der Waals surface area contributed by atoms with Gasteiger partial charge in [-0.1, -0.05) is 41.7 Å². The molecule has 0 aliphatic rings. The van der Waals surface area contributed by atoms with Crippen LogP contribution in [0.3, 0.4) is 0 Å². The van der Waals surface area contributed by atoms with E-state index in [-0.39, 0.29) is 15.8 Å². The predicted octanol–water partition coefficient (Wildman–Crippen LogP) is 4.78. The van der Waals surface area contributed by atoms with Gasteiger partial charge in [0.15, 0.2) is 5.75 Å². The zero-order valence-corrected chi connectivity index (χ0v) is 13.0. The Morgan fingerprint density at radius 2 is 1.83 bits per heavy atom. The zero-order valence-electron chi connectivity index (χ0n) is 9.87. The molecule has 1 atom stereocenters. The Labute approximate surface area is 121 Å². The monoisotopic (exact) mass is 331 g/mol. The second-order valence-corrected chi connectivity index (χ2v) is 6.46. The molecule has 0 fully saturated rings. The molecule has 0 spiro atoms. The summed E-state index contributed by atoms with van der Waals surface area (Å²) in [6, 6.07) is 2.81. The number of nitrogens with one attached hydrogen (secondary N) is 1. The first-order valence-electron chi connectivity index (χ1n) is 5.17. The van der Waals surface area contributed by atoms with Crippen molar-refractivity contribution in [2.75, 3.05) is 13.7 Å². The van der Waals surface area contributed by atoms with Gasteiger partial charge in [-0.25, -0.2) is 9.65 Å². The molecule has 1 unspecified atom stereocenters. The van der Waals surface area contributed by atoms with Crippen molar-refractivity contribution in [1.29, 1.82) is 0 Å². The molecule has 0 bridgehead atoms. The van der Waals surface area contributed by atoms with Crippen LogP contribution in [-0.2, 0) is 9.09 Å². The van der Waals surface area contributed by atoms with Crippen LogP contribution in [0.15, 0.2) is 12.1 Å². The average molecular weight is 333 g/mol. The fourth-order valence-electron chi connectivity index (χ4n) is 1.09. The van der Waals surface area contributed by atoms with E-state index >= 15 is 0 Å². The molecule has 0 radical (unpaired) electrons. The van der Waals surface area contributed by atoms with E-state index in [9.17, 15) is 4.57 Å². The largest absolute Gasteiger partial charge is 0.458 e. The van der Waals surface area contributed by atoms with Crippen molar-refractivity contribution in [3.05, 3.63) is 27.2 Å². The molecule has 0 amide bonds. The standard InChI is InChI=1S/C10H13Cl3NO3P/c1-3-4-14-18(15,16-2)17-10-6-8(12)7(11)5-9(10)13/h5-6H,3-4H2,1-2H3,(H,14,15). The molecule has 1 aromatic rings. The van der Waals surface area contributed by atoms with E-state index in [1.807, 2.05) is 6.92 Å². The highest BCUT2D eigenvalue weighted by Crippen LogP contribution is 2.46. The third-order valence-electron chi connectivity index (χ3n) is 1.99. The van der Waals surface area contributed by atoms with Crippen LogP contribution in [0.5, 0.6) is 5.75 Å². The van der Waals surface area contributed by atoms with E-state index in [4.69, 9.17) is 43.9 Å². The SMILES string of the molecule is CCCNP(=O)(OC)Oc1cc(Cl)c(Cl)cc1Cl. The first-order chi connectivity index (χ1) is 8.41. The van der Waals surface area contributed by atoms with Gasteiger partial charge >= 0.3 is 7.75 Å². The van der Waals surface area contributed by atoms with E-state index < -0.39 is 7.75 Å². The van der Waals surface area contributed by atoms with Gasteiger partial charge in [0, 0.05) is 19.7 Å². The van der Waals surface area contributed by atoms with E-state index in [1.54, 1.807) is 0 Å². The van der Waals surface area contributed by atoms with Gasteiger partial charge < -0.3 is 4.52 Å². The highest BCUT2D eigenvalue weighted by atomic mass is 35.5. The molecule has 0 saturated carbocycles. The van der Waals surface area contributed by atoms with Crippen LogP contribution >= 0.6 is 42.5 Å². The molecule has 102 valence electrons. The normalized spacial score (nSPS) is 14.3. The number of hydrogen-bond acceptors (Lipinski definition) is 3. The quantitative estimate of drug-likeness (QED) is 0.601. The molecule has 0 aliphatic heterocycles. The Kier molecular flexibility index (Phi) is 6.25. The number of benzene rings is 1. The van der Waals surface area contributed by atoms with Gasteiger partial charge in [-0.3, -0.25) is 4.52 Å². The molecule has 0 heterocycles. The van der Waals surface area contributed by atoms with Gasteiger partial charge in [0.1, 0.15) is 0 Å². The van der Waals surface area contributed by atoms with E-state index in [0.717, 1.165) is 6.42 Å².